The number of ether oxygens (including phenoxy) is 1. The largest absolute Gasteiger partial charge is 0.365 e. The van der Waals surface area contributed by atoms with Crippen molar-refractivity contribution in [1.82, 2.24) is 4.90 Å². The number of carbonyl (C=O) groups is 1. The van der Waals surface area contributed by atoms with E-state index in [4.69, 9.17) is 4.74 Å². The number of rotatable bonds is 3. The average Bonchev–Trinajstić information content (AvgIpc) is 2.87. The van der Waals surface area contributed by atoms with Crippen LogP contribution in [0.5, 0.6) is 0 Å². The highest BCUT2D eigenvalue weighted by Crippen LogP contribution is 2.25. The first-order valence-electron chi connectivity index (χ1n) is 6.21. The molecule has 0 saturated carbocycles. The van der Waals surface area contributed by atoms with Crippen LogP contribution in [0.2, 0.25) is 0 Å². The zero-order valence-corrected chi connectivity index (χ0v) is 11.4. The van der Waals surface area contributed by atoms with Crippen LogP contribution in [0.4, 0.5) is 0 Å². The van der Waals surface area contributed by atoms with Crippen molar-refractivity contribution in [3.05, 3.63) is 0 Å². The zero-order chi connectivity index (χ0) is 11.5. The highest BCUT2D eigenvalue weighted by molar-refractivity contribution is 9.09. The lowest BCUT2D eigenvalue weighted by Crippen LogP contribution is -2.37. The molecule has 2 fully saturated rings. The molecule has 0 aliphatic carbocycles. The Morgan fingerprint density at radius 3 is 2.88 bits per heavy atom. The molecule has 0 radical (unpaired) electrons. The number of likely N-dealkylation sites (tertiary alicyclic amines) is 1. The standard InChI is InChI=1S/C12H20BrNO2/c1-9-2-3-11(16-9)12(15)14-7-5-10(8-14)4-6-13/h9-11H,2-8H2,1H3. The number of halogens is 1. The first-order chi connectivity index (χ1) is 7.70. The van der Waals surface area contributed by atoms with Gasteiger partial charge in [-0.1, -0.05) is 15.9 Å². The number of amides is 1. The summed E-state index contributed by atoms with van der Waals surface area (Å²) in [5, 5.41) is 1.04. The quantitative estimate of drug-likeness (QED) is 0.746. The SMILES string of the molecule is CC1CCC(C(=O)N2CCC(CCBr)C2)O1. The summed E-state index contributed by atoms with van der Waals surface area (Å²) in [6.45, 7) is 3.90. The third kappa shape index (κ3) is 2.77. The molecule has 1 amide bonds. The lowest BCUT2D eigenvalue weighted by Gasteiger charge is -2.20. The maximum atomic E-state index is 12.1. The van der Waals surface area contributed by atoms with E-state index in [0.717, 1.165) is 37.7 Å². The summed E-state index contributed by atoms with van der Waals surface area (Å²) < 4.78 is 5.63. The molecule has 0 aromatic rings. The van der Waals surface area contributed by atoms with Crippen molar-refractivity contribution in [2.45, 2.75) is 44.8 Å². The van der Waals surface area contributed by atoms with Gasteiger partial charge in [-0.15, -0.1) is 0 Å². The molecule has 0 N–H and O–H groups in total. The van der Waals surface area contributed by atoms with Gasteiger partial charge < -0.3 is 9.64 Å². The van der Waals surface area contributed by atoms with Crippen molar-refractivity contribution >= 4 is 21.8 Å². The maximum absolute atomic E-state index is 12.1. The molecule has 0 bridgehead atoms. The molecule has 0 aromatic carbocycles. The Labute approximate surface area is 106 Å². The minimum atomic E-state index is -0.155. The summed E-state index contributed by atoms with van der Waals surface area (Å²) in [4.78, 5) is 14.1. The van der Waals surface area contributed by atoms with Crippen LogP contribution in [0.15, 0.2) is 0 Å². The van der Waals surface area contributed by atoms with E-state index in [0.29, 0.717) is 5.92 Å². The van der Waals surface area contributed by atoms with Crippen molar-refractivity contribution < 1.29 is 9.53 Å². The van der Waals surface area contributed by atoms with Gasteiger partial charge in [-0.2, -0.15) is 0 Å². The highest BCUT2D eigenvalue weighted by Gasteiger charge is 2.34. The Hall–Kier alpha value is -0.0900. The van der Waals surface area contributed by atoms with Gasteiger partial charge in [0.1, 0.15) is 6.10 Å². The van der Waals surface area contributed by atoms with E-state index in [1.165, 1.54) is 6.42 Å². The minimum absolute atomic E-state index is 0.155. The number of hydrogen-bond donors (Lipinski definition) is 0. The molecule has 3 atom stereocenters. The monoisotopic (exact) mass is 289 g/mol. The first-order valence-corrected chi connectivity index (χ1v) is 7.33. The fourth-order valence-corrected chi connectivity index (χ4v) is 3.26. The molecule has 0 spiro atoms. The van der Waals surface area contributed by atoms with E-state index in [1.54, 1.807) is 0 Å². The summed E-state index contributed by atoms with van der Waals surface area (Å²) in [6.07, 6.45) is 4.35. The van der Waals surface area contributed by atoms with Crippen LogP contribution in [0.1, 0.15) is 32.6 Å². The second-order valence-electron chi connectivity index (χ2n) is 4.93. The van der Waals surface area contributed by atoms with Gasteiger partial charge in [-0.25, -0.2) is 0 Å². The summed E-state index contributed by atoms with van der Waals surface area (Å²) in [6, 6.07) is 0. The second kappa shape index (κ2) is 5.50. The molecule has 2 aliphatic rings. The minimum Gasteiger partial charge on any atom is -0.365 e. The summed E-state index contributed by atoms with van der Waals surface area (Å²) in [5.41, 5.74) is 0. The molecule has 3 unspecified atom stereocenters. The Kier molecular flexibility index (Phi) is 4.25. The van der Waals surface area contributed by atoms with Crippen LogP contribution < -0.4 is 0 Å². The first kappa shape index (κ1) is 12.4. The molecular formula is C12H20BrNO2. The van der Waals surface area contributed by atoms with Crippen molar-refractivity contribution in [1.29, 1.82) is 0 Å². The lowest BCUT2D eigenvalue weighted by molar-refractivity contribution is -0.141. The number of nitrogens with zero attached hydrogens (tertiary/aromatic N) is 1. The third-order valence-electron chi connectivity index (χ3n) is 3.62. The number of hydrogen-bond acceptors (Lipinski definition) is 2. The van der Waals surface area contributed by atoms with Crippen LogP contribution in [0.25, 0.3) is 0 Å². The third-order valence-corrected chi connectivity index (χ3v) is 4.08. The van der Waals surface area contributed by atoms with E-state index in [9.17, 15) is 4.79 Å². The predicted octanol–water partition coefficient (Wildman–Crippen LogP) is 2.19. The normalized spacial score (nSPS) is 34.6. The lowest BCUT2D eigenvalue weighted by atomic mass is 10.1. The molecule has 2 rings (SSSR count). The summed E-state index contributed by atoms with van der Waals surface area (Å²) in [7, 11) is 0. The second-order valence-corrected chi connectivity index (χ2v) is 5.72. The highest BCUT2D eigenvalue weighted by atomic mass is 79.9. The van der Waals surface area contributed by atoms with E-state index in [1.807, 2.05) is 11.8 Å². The molecule has 16 heavy (non-hydrogen) atoms. The summed E-state index contributed by atoms with van der Waals surface area (Å²) in [5.74, 6) is 0.906. The smallest absolute Gasteiger partial charge is 0.251 e. The van der Waals surface area contributed by atoms with E-state index < -0.39 is 0 Å². The van der Waals surface area contributed by atoms with E-state index in [-0.39, 0.29) is 18.1 Å². The van der Waals surface area contributed by atoms with Crippen molar-refractivity contribution in [2.75, 3.05) is 18.4 Å². The van der Waals surface area contributed by atoms with E-state index in [2.05, 4.69) is 15.9 Å². The molecule has 92 valence electrons. The average molecular weight is 290 g/mol. The van der Waals surface area contributed by atoms with Crippen LogP contribution in [-0.2, 0) is 9.53 Å². The topological polar surface area (TPSA) is 29.5 Å². The Bertz CT molecular complexity index is 259. The Balaban J connectivity index is 1.82. The summed E-state index contributed by atoms with van der Waals surface area (Å²) >= 11 is 3.46. The fourth-order valence-electron chi connectivity index (χ4n) is 2.61. The van der Waals surface area contributed by atoms with E-state index >= 15 is 0 Å². The van der Waals surface area contributed by atoms with Gasteiger partial charge in [0.2, 0.25) is 0 Å². The van der Waals surface area contributed by atoms with Crippen LogP contribution >= 0.6 is 15.9 Å². The molecule has 0 aromatic heterocycles. The van der Waals surface area contributed by atoms with Crippen molar-refractivity contribution in [3.63, 3.8) is 0 Å². The predicted molar refractivity (Wildman–Crippen MR) is 66.7 cm³/mol. The molecule has 2 saturated heterocycles. The van der Waals surface area contributed by atoms with Crippen LogP contribution in [0.3, 0.4) is 0 Å². The number of alkyl halides is 1. The van der Waals surface area contributed by atoms with Gasteiger partial charge in [0, 0.05) is 18.4 Å². The van der Waals surface area contributed by atoms with Crippen molar-refractivity contribution in [3.8, 4) is 0 Å². The Morgan fingerprint density at radius 2 is 2.25 bits per heavy atom. The Morgan fingerprint density at radius 1 is 1.44 bits per heavy atom. The van der Waals surface area contributed by atoms with Crippen LogP contribution in [0, 0.1) is 5.92 Å². The maximum Gasteiger partial charge on any atom is 0.251 e. The fraction of sp³-hybridized carbons (Fsp3) is 0.917. The van der Waals surface area contributed by atoms with Gasteiger partial charge >= 0.3 is 0 Å². The zero-order valence-electron chi connectivity index (χ0n) is 9.82. The molecule has 2 aliphatic heterocycles. The molecular weight excluding hydrogens is 270 g/mol. The van der Waals surface area contributed by atoms with Crippen LogP contribution in [-0.4, -0.2) is 41.4 Å². The number of carbonyl (C=O) groups excluding carboxylic acids is 1. The molecule has 4 heteroatoms. The van der Waals surface area contributed by atoms with Crippen molar-refractivity contribution in [2.24, 2.45) is 5.92 Å². The van der Waals surface area contributed by atoms with Gasteiger partial charge in [-0.05, 0) is 38.5 Å². The van der Waals surface area contributed by atoms with Gasteiger partial charge in [0.25, 0.3) is 5.91 Å². The molecule has 2 heterocycles. The molecule has 3 nitrogen and oxygen atoms in total. The van der Waals surface area contributed by atoms with Gasteiger partial charge in [-0.3, -0.25) is 4.79 Å². The van der Waals surface area contributed by atoms with Gasteiger partial charge in [0.05, 0.1) is 6.10 Å². The van der Waals surface area contributed by atoms with Gasteiger partial charge in [0.15, 0.2) is 0 Å².